The third-order valence-corrected chi connectivity index (χ3v) is 2.43. The first kappa shape index (κ1) is 11.4. The van der Waals surface area contributed by atoms with Gasteiger partial charge in [-0.25, -0.2) is 0 Å². The first-order valence-electron chi connectivity index (χ1n) is 5.01. The van der Waals surface area contributed by atoms with E-state index in [1.165, 1.54) is 11.8 Å². The van der Waals surface area contributed by atoms with Gasteiger partial charge < -0.3 is 11.5 Å². The molecule has 0 heterocycles. The summed E-state index contributed by atoms with van der Waals surface area (Å²) in [7, 11) is 0. The van der Waals surface area contributed by atoms with Crippen LogP contribution in [0, 0.1) is 13.8 Å². The maximum Gasteiger partial charge on any atom is 0.0423 e. The summed E-state index contributed by atoms with van der Waals surface area (Å²) in [5.74, 6) is 0. The van der Waals surface area contributed by atoms with E-state index in [0.717, 1.165) is 22.4 Å². The Morgan fingerprint density at radius 1 is 1.27 bits per heavy atom. The smallest absolute Gasteiger partial charge is 0.0423 e. The summed E-state index contributed by atoms with van der Waals surface area (Å²) in [4.78, 5) is 0. The predicted molar refractivity (Wildman–Crippen MR) is 67.3 cm³/mol. The lowest BCUT2D eigenvalue weighted by Gasteiger charge is -2.10. The van der Waals surface area contributed by atoms with Crippen molar-refractivity contribution < 1.29 is 0 Å². The Kier molecular flexibility index (Phi) is 3.56. The van der Waals surface area contributed by atoms with Crippen LogP contribution in [-0.4, -0.2) is 0 Å². The molecule has 0 saturated heterocycles. The summed E-state index contributed by atoms with van der Waals surface area (Å²) in [5, 5.41) is 0. The highest BCUT2D eigenvalue weighted by molar-refractivity contribution is 5.82. The number of rotatable bonds is 2. The lowest BCUT2D eigenvalue weighted by atomic mass is 9.98. The molecule has 1 aromatic rings. The van der Waals surface area contributed by atoms with Crippen LogP contribution in [0.4, 0.5) is 5.69 Å². The Morgan fingerprint density at radius 2 is 1.93 bits per heavy atom. The molecule has 0 unspecified atom stereocenters. The Bertz CT molecular complexity index is 415. The Hall–Kier alpha value is -1.70. The van der Waals surface area contributed by atoms with E-state index in [1.54, 1.807) is 0 Å². The maximum atomic E-state index is 6.04. The molecule has 2 nitrogen and oxygen atoms in total. The van der Waals surface area contributed by atoms with E-state index in [-0.39, 0.29) is 0 Å². The highest BCUT2D eigenvalue weighted by Crippen LogP contribution is 2.26. The molecule has 0 aromatic heterocycles. The number of hydrogen-bond acceptors (Lipinski definition) is 2. The molecule has 2 heteroatoms. The minimum absolute atomic E-state index is 0.826. The van der Waals surface area contributed by atoms with Gasteiger partial charge in [0.1, 0.15) is 0 Å². The van der Waals surface area contributed by atoms with E-state index < -0.39 is 0 Å². The van der Waals surface area contributed by atoms with Crippen molar-refractivity contribution in [2.75, 3.05) is 5.73 Å². The second kappa shape index (κ2) is 4.69. The van der Waals surface area contributed by atoms with Gasteiger partial charge in [-0.15, -0.1) is 0 Å². The normalized spacial score (nSPS) is 12.3. The number of benzene rings is 1. The molecule has 15 heavy (non-hydrogen) atoms. The summed E-state index contributed by atoms with van der Waals surface area (Å²) >= 11 is 0. The van der Waals surface area contributed by atoms with Crippen LogP contribution in [0.3, 0.4) is 0 Å². The molecule has 1 aromatic carbocycles. The Balaban J connectivity index is 3.36. The van der Waals surface area contributed by atoms with Gasteiger partial charge in [-0.3, -0.25) is 0 Å². The topological polar surface area (TPSA) is 52.0 Å². The molecule has 0 aliphatic heterocycles. The molecule has 1 rings (SSSR count). The zero-order valence-electron chi connectivity index (χ0n) is 9.54. The summed E-state index contributed by atoms with van der Waals surface area (Å²) in [6.45, 7) is 6.06. The first-order chi connectivity index (χ1) is 7.10. The SMILES string of the molecule is C/C=C(\C=C/N)c1cc(C)cc(C)c1N. The number of hydrogen-bond donors (Lipinski definition) is 2. The molecule has 0 radical (unpaired) electrons. The van der Waals surface area contributed by atoms with Crippen LogP contribution in [0.2, 0.25) is 0 Å². The molecular weight excluding hydrogens is 184 g/mol. The number of nitrogens with two attached hydrogens (primary N) is 2. The summed E-state index contributed by atoms with van der Waals surface area (Å²) in [6.07, 6.45) is 5.41. The van der Waals surface area contributed by atoms with Gasteiger partial charge in [0.2, 0.25) is 0 Å². The molecule has 0 fully saturated rings. The fourth-order valence-electron chi connectivity index (χ4n) is 1.66. The third-order valence-electron chi connectivity index (χ3n) is 2.43. The third kappa shape index (κ3) is 2.40. The second-order valence-corrected chi connectivity index (χ2v) is 3.65. The quantitative estimate of drug-likeness (QED) is 0.572. The average Bonchev–Trinajstić information content (AvgIpc) is 2.20. The number of anilines is 1. The lowest BCUT2D eigenvalue weighted by molar-refractivity contribution is 1.37. The van der Waals surface area contributed by atoms with E-state index in [0.29, 0.717) is 0 Å². The molecular formula is C13H18N2. The Labute approximate surface area is 91.3 Å². The predicted octanol–water partition coefficient (Wildman–Crippen LogP) is 2.76. The van der Waals surface area contributed by atoms with Crippen molar-refractivity contribution in [1.29, 1.82) is 0 Å². The van der Waals surface area contributed by atoms with Gasteiger partial charge in [-0.1, -0.05) is 17.7 Å². The summed E-state index contributed by atoms with van der Waals surface area (Å²) in [5.41, 5.74) is 16.7. The zero-order chi connectivity index (χ0) is 11.4. The van der Waals surface area contributed by atoms with Crippen molar-refractivity contribution in [2.45, 2.75) is 20.8 Å². The zero-order valence-corrected chi connectivity index (χ0v) is 9.54. The molecule has 4 N–H and O–H groups in total. The van der Waals surface area contributed by atoms with Gasteiger partial charge in [-0.2, -0.15) is 0 Å². The van der Waals surface area contributed by atoms with Crippen molar-refractivity contribution in [3.05, 3.63) is 47.2 Å². The van der Waals surface area contributed by atoms with Gasteiger partial charge >= 0.3 is 0 Å². The minimum atomic E-state index is 0.826. The van der Waals surface area contributed by atoms with Crippen molar-refractivity contribution in [2.24, 2.45) is 5.73 Å². The standard InChI is InChI=1S/C13H18N2/c1-4-11(5-6-14)12-8-9(2)7-10(3)13(12)15/h4-8H,14-15H2,1-3H3/b6-5-,11-4+. The number of nitrogen functional groups attached to an aromatic ring is 1. The molecule has 0 atom stereocenters. The van der Waals surface area contributed by atoms with E-state index >= 15 is 0 Å². The summed E-state index contributed by atoms with van der Waals surface area (Å²) in [6, 6.07) is 4.16. The highest BCUT2D eigenvalue weighted by Gasteiger charge is 2.05. The van der Waals surface area contributed by atoms with Gasteiger partial charge in [0, 0.05) is 11.3 Å². The minimum Gasteiger partial charge on any atom is -0.405 e. The van der Waals surface area contributed by atoms with Crippen molar-refractivity contribution in [3.63, 3.8) is 0 Å². The maximum absolute atomic E-state index is 6.04. The number of allylic oxidation sites excluding steroid dienone is 3. The molecule has 0 saturated carbocycles. The molecule has 80 valence electrons. The monoisotopic (exact) mass is 202 g/mol. The largest absolute Gasteiger partial charge is 0.405 e. The van der Waals surface area contributed by atoms with E-state index in [2.05, 4.69) is 19.1 Å². The van der Waals surface area contributed by atoms with E-state index in [4.69, 9.17) is 11.5 Å². The van der Waals surface area contributed by atoms with Crippen LogP contribution in [0.15, 0.2) is 30.5 Å². The van der Waals surface area contributed by atoms with E-state index in [1.807, 2.05) is 26.0 Å². The lowest BCUT2D eigenvalue weighted by Crippen LogP contribution is -1.97. The van der Waals surface area contributed by atoms with E-state index in [9.17, 15) is 0 Å². The van der Waals surface area contributed by atoms with Crippen LogP contribution < -0.4 is 11.5 Å². The van der Waals surface area contributed by atoms with Gasteiger partial charge in [0.05, 0.1) is 0 Å². The average molecular weight is 202 g/mol. The molecule has 0 spiro atoms. The van der Waals surface area contributed by atoms with Crippen LogP contribution in [-0.2, 0) is 0 Å². The van der Waals surface area contributed by atoms with Gasteiger partial charge in [0.25, 0.3) is 0 Å². The van der Waals surface area contributed by atoms with Crippen molar-refractivity contribution in [3.8, 4) is 0 Å². The van der Waals surface area contributed by atoms with Crippen molar-refractivity contribution >= 4 is 11.3 Å². The molecule has 0 bridgehead atoms. The van der Waals surface area contributed by atoms with Crippen LogP contribution in [0.1, 0.15) is 23.6 Å². The van der Waals surface area contributed by atoms with Crippen LogP contribution in [0.25, 0.3) is 5.57 Å². The second-order valence-electron chi connectivity index (χ2n) is 3.65. The van der Waals surface area contributed by atoms with Gasteiger partial charge in [-0.05, 0) is 50.3 Å². The highest BCUT2D eigenvalue weighted by atomic mass is 14.6. The first-order valence-corrected chi connectivity index (χ1v) is 5.01. The number of aryl methyl sites for hydroxylation is 2. The molecule has 0 aliphatic carbocycles. The van der Waals surface area contributed by atoms with Crippen LogP contribution in [0.5, 0.6) is 0 Å². The molecule has 0 amide bonds. The fourth-order valence-corrected chi connectivity index (χ4v) is 1.66. The van der Waals surface area contributed by atoms with Crippen molar-refractivity contribution in [1.82, 2.24) is 0 Å². The molecule has 0 aliphatic rings. The fraction of sp³-hybridized carbons (Fsp3) is 0.231. The van der Waals surface area contributed by atoms with Gasteiger partial charge in [0.15, 0.2) is 0 Å². The summed E-state index contributed by atoms with van der Waals surface area (Å²) < 4.78 is 0. The van der Waals surface area contributed by atoms with Crippen LogP contribution >= 0.6 is 0 Å². The Morgan fingerprint density at radius 3 is 2.47 bits per heavy atom.